The molecule has 2 atom stereocenters. The number of alkyl carbamates (subject to hydrolysis) is 1. The van der Waals surface area contributed by atoms with Crippen molar-refractivity contribution in [1.82, 2.24) is 30.7 Å². The summed E-state index contributed by atoms with van der Waals surface area (Å²) in [7, 11) is 3.25. The minimum absolute atomic E-state index is 0.0270. The van der Waals surface area contributed by atoms with Gasteiger partial charge >= 0.3 is 18.2 Å². The maximum Gasteiger partial charge on any atom is 0.409 e. The number of amides is 9. The maximum atomic E-state index is 13.4. The molecule has 1 heterocycles. The molecule has 1 aliphatic rings. The number of nitrogens with zero attached hydrogens (tertiary/aromatic N) is 3. The van der Waals surface area contributed by atoms with Crippen molar-refractivity contribution >= 4 is 53.4 Å². The molecule has 56 heavy (non-hydrogen) atoms. The Labute approximate surface area is 327 Å². The molecule has 0 radical (unpaired) electrons. The van der Waals surface area contributed by atoms with E-state index in [1.165, 1.54) is 17.1 Å². The lowest BCUT2D eigenvalue weighted by atomic mass is 9.95. The Hall–Kier alpha value is -5.72. The van der Waals surface area contributed by atoms with Gasteiger partial charge in [0.25, 0.3) is 11.8 Å². The number of hydrogen-bond acceptors (Lipinski definition) is 11. The van der Waals surface area contributed by atoms with E-state index in [0.717, 1.165) is 4.90 Å². The normalized spacial score (nSPS) is 13.5. The molecule has 0 fully saturated rings. The summed E-state index contributed by atoms with van der Waals surface area (Å²) in [6, 6.07) is 3.61. The number of anilines is 1. The fourth-order valence-electron chi connectivity index (χ4n) is 5.09. The molecule has 0 spiro atoms. The molecule has 0 bridgehead atoms. The smallest absolute Gasteiger partial charge is 0.409 e. The quantitative estimate of drug-likeness (QED) is 0.0878. The molecule has 0 aliphatic carbocycles. The second-order valence-corrected chi connectivity index (χ2v) is 14.4. The van der Waals surface area contributed by atoms with E-state index < -0.39 is 65.3 Å². The molecule has 1 aliphatic heterocycles. The maximum absolute atomic E-state index is 13.4. The molecule has 19 nitrogen and oxygen atoms in total. The van der Waals surface area contributed by atoms with Crippen LogP contribution in [0.1, 0.15) is 53.0 Å². The summed E-state index contributed by atoms with van der Waals surface area (Å²) in [5.74, 6) is -2.54. The first-order valence-corrected chi connectivity index (χ1v) is 18.2. The van der Waals surface area contributed by atoms with Gasteiger partial charge in [-0.15, -0.1) is 0 Å². The van der Waals surface area contributed by atoms with Gasteiger partial charge < -0.3 is 51.0 Å². The standard InChI is InChI=1S/C37H56N8O11/c1-24(2)30(42-35(52)55-22-21-54-20-19-45-28(46)14-15-29(45)47)32(49)41-27(9-8-16-39-34(38)51)31(48)40-26-12-10-25(11-13-26)23-56-36(53)44(7)18-17-43(6)33(50)37(3,4)5/h10-15,24,27,30H,8-9,16-23H2,1-7H3,(H,40,48)(H,41,49)(H,42,52)(H3,38,39,51)/t27-,30-/m0/s1. The van der Waals surface area contributed by atoms with Crippen molar-refractivity contribution in [2.24, 2.45) is 17.1 Å². The van der Waals surface area contributed by atoms with Gasteiger partial charge in [0.05, 0.1) is 19.8 Å². The van der Waals surface area contributed by atoms with Crippen LogP contribution in [0.4, 0.5) is 20.1 Å². The first kappa shape index (κ1) is 46.4. The van der Waals surface area contributed by atoms with Gasteiger partial charge in [0.1, 0.15) is 25.3 Å². The van der Waals surface area contributed by atoms with Crippen molar-refractivity contribution in [3.05, 3.63) is 42.0 Å². The van der Waals surface area contributed by atoms with Crippen LogP contribution >= 0.6 is 0 Å². The van der Waals surface area contributed by atoms with Gasteiger partial charge in [0.2, 0.25) is 17.7 Å². The van der Waals surface area contributed by atoms with E-state index in [0.29, 0.717) is 17.8 Å². The molecule has 0 unspecified atom stereocenters. The zero-order valence-corrected chi connectivity index (χ0v) is 33.2. The average molecular weight is 789 g/mol. The number of carbonyl (C=O) groups is 8. The Kier molecular flexibility index (Phi) is 18.7. The van der Waals surface area contributed by atoms with Crippen LogP contribution in [0.2, 0.25) is 0 Å². The molecule has 6 N–H and O–H groups in total. The van der Waals surface area contributed by atoms with E-state index >= 15 is 0 Å². The number of primary amides is 1. The number of rotatable bonds is 21. The third kappa shape index (κ3) is 16.3. The molecule has 1 aromatic rings. The second kappa shape index (κ2) is 22.6. The van der Waals surface area contributed by atoms with Crippen molar-refractivity contribution in [1.29, 1.82) is 0 Å². The van der Waals surface area contributed by atoms with Gasteiger partial charge in [-0.2, -0.15) is 0 Å². The number of carbonyl (C=O) groups excluding carboxylic acids is 8. The summed E-state index contributed by atoms with van der Waals surface area (Å²) in [5, 5.41) is 10.4. The number of imide groups is 1. The number of nitrogens with two attached hydrogens (primary N) is 1. The number of nitrogens with one attached hydrogen (secondary N) is 4. The summed E-state index contributed by atoms with van der Waals surface area (Å²) < 4.78 is 15.8. The molecule has 0 aromatic heterocycles. The van der Waals surface area contributed by atoms with Gasteiger partial charge in [-0.05, 0) is 36.5 Å². The SMILES string of the molecule is CC(C)[C@H](NC(=O)OCCOCCN1C(=O)C=CC1=O)C(=O)N[C@@H](CCCNC(N)=O)C(=O)Nc1ccc(COC(=O)N(C)CCN(C)C(=O)C(C)(C)C)cc1. The predicted molar refractivity (Wildman–Crippen MR) is 204 cm³/mol. The lowest BCUT2D eigenvalue weighted by Crippen LogP contribution is -2.54. The summed E-state index contributed by atoms with van der Waals surface area (Å²) in [5.41, 5.74) is 5.65. The van der Waals surface area contributed by atoms with Crippen molar-refractivity contribution in [3.8, 4) is 0 Å². The van der Waals surface area contributed by atoms with Crippen LogP contribution in [-0.2, 0) is 44.8 Å². The molecule has 0 saturated heterocycles. The topological polar surface area (TPSA) is 248 Å². The van der Waals surface area contributed by atoms with Crippen LogP contribution in [0, 0.1) is 11.3 Å². The van der Waals surface area contributed by atoms with Crippen molar-refractivity contribution < 1.29 is 52.6 Å². The third-order valence-corrected chi connectivity index (χ3v) is 8.30. The molecule has 19 heteroatoms. The number of hydrogen-bond donors (Lipinski definition) is 5. The number of benzene rings is 1. The average Bonchev–Trinajstić information content (AvgIpc) is 3.46. The fraction of sp³-hybridized carbons (Fsp3) is 0.568. The van der Waals surface area contributed by atoms with Crippen LogP contribution in [0.15, 0.2) is 36.4 Å². The van der Waals surface area contributed by atoms with Crippen molar-refractivity contribution in [2.45, 2.75) is 66.2 Å². The number of likely N-dealkylation sites (N-methyl/N-ethyl adjacent to an activating group) is 2. The van der Waals surface area contributed by atoms with Gasteiger partial charge in [0, 0.05) is 57.0 Å². The van der Waals surface area contributed by atoms with E-state index in [1.807, 2.05) is 20.8 Å². The Morgan fingerprint density at radius 3 is 2.05 bits per heavy atom. The van der Waals surface area contributed by atoms with Crippen LogP contribution in [-0.4, -0.2) is 135 Å². The summed E-state index contributed by atoms with van der Waals surface area (Å²) in [6.07, 6.45) is 1.25. The molecular weight excluding hydrogens is 732 g/mol. The highest BCUT2D eigenvalue weighted by Gasteiger charge is 2.30. The highest BCUT2D eigenvalue weighted by molar-refractivity contribution is 6.12. The fourth-order valence-corrected chi connectivity index (χ4v) is 5.09. The second-order valence-electron chi connectivity index (χ2n) is 14.4. The molecular formula is C37H56N8O11. The van der Waals surface area contributed by atoms with E-state index in [9.17, 15) is 38.4 Å². The summed E-state index contributed by atoms with van der Waals surface area (Å²) >= 11 is 0. The Bertz CT molecular complexity index is 1560. The Balaban J connectivity index is 1.91. The lowest BCUT2D eigenvalue weighted by Gasteiger charge is -2.27. The zero-order valence-electron chi connectivity index (χ0n) is 33.2. The van der Waals surface area contributed by atoms with Crippen LogP contribution in [0.5, 0.6) is 0 Å². The largest absolute Gasteiger partial charge is 0.447 e. The molecule has 1 aromatic carbocycles. The van der Waals surface area contributed by atoms with E-state index in [1.54, 1.807) is 57.1 Å². The minimum atomic E-state index is -1.09. The molecule has 310 valence electrons. The minimum Gasteiger partial charge on any atom is -0.447 e. The van der Waals surface area contributed by atoms with Gasteiger partial charge in [-0.3, -0.25) is 28.9 Å². The zero-order chi connectivity index (χ0) is 42.0. The van der Waals surface area contributed by atoms with Gasteiger partial charge in [-0.1, -0.05) is 46.8 Å². The number of urea groups is 1. The van der Waals surface area contributed by atoms with Crippen molar-refractivity contribution in [2.75, 3.05) is 65.4 Å². The van der Waals surface area contributed by atoms with Crippen molar-refractivity contribution in [3.63, 3.8) is 0 Å². The van der Waals surface area contributed by atoms with E-state index in [4.69, 9.17) is 19.9 Å². The third-order valence-electron chi connectivity index (χ3n) is 8.30. The molecule has 0 saturated carbocycles. The highest BCUT2D eigenvalue weighted by Crippen LogP contribution is 2.17. The molecule has 2 rings (SSSR count). The first-order chi connectivity index (χ1) is 26.3. The Morgan fingerprint density at radius 2 is 1.46 bits per heavy atom. The first-order valence-electron chi connectivity index (χ1n) is 18.2. The monoisotopic (exact) mass is 788 g/mol. The lowest BCUT2D eigenvalue weighted by molar-refractivity contribution is -0.138. The van der Waals surface area contributed by atoms with Gasteiger partial charge in [-0.25, -0.2) is 14.4 Å². The van der Waals surface area contributed by atoms with E-state index in [-0.39, 0.29) is 64.8 Å². The van der Waals surface area contributed by atoms with Crippen LogP contribution < -0.4 is 27.0 Å². The predicted octanol–water partition coefficient (Wildman–Crippen LogP) is 1.32. The van der Waals surface area contributed by atoms with Crippen LogP contribution in [0.3, 0.4) is 0 Å². The molecule has 9 amide bonds. The summed E-state index contributed by atoms with van der Waals surface area (Å²) in [6.45, 7) is 9.47. The summed E-state index contributed by atoms with van der Waals surface area (Å²) in [4.78, 5) is 103. The van der Waals surface area contributed by atoms with Crippen LogP contribution in [0.25, 0.3) is 0 Å². The number of ether oxygens (including phenoxy) is 3. The highest BCUT2D eigenvalue weighted by atomic mass is 16.6. The van der Waals surface area contributed by atoms with E-state index in [2.05, 4.69) is 21.3 Å². The Morgan fingerprint density at radius 1 is 0.839 bits per heavy atom. The van der Waals surface area contributed by atoms with Gasteiger partial charge in [0.15, 0.2) is 0 Å².